The molecule has 19 heavy (non-hydrogen) atoms. The van der Waals surface area contributed by atoms with Crippen LogP contribution in [0.25, 0.3) is 0 Å². The molecule has 1 aromatic rings. The zero-order chi connectivity index (χ0) is 14.2. The van der Waals surface area contributed by atoms with Gasteiger partial charge in [0.1, 0.15) is 5.82 Å². The highest BCUT2D eigenvalue weighted by Crippen LogP contribution is 2.29. The number of likely N-dealkylation sites (tertiary alicyclic amines) is 1. The molecule has 0 radical (unpaired) electrons. The van der Waals surface area contributed by atoms with Gasteiger partial charge in [-0.1, -0.05) is 13.8 Å². The first-order valence-corrected chi connectivity index (χ1v) is 7.39. The average molecular weight is 376 g/mol. The van der Waals surface area contributed by atoms with Crippen molar-refractivity contribution in [3.63, 3.8) is 0 Å². The Morgan fingerprint density at radius 1 is 1.53 bits per heavy atom. The van der Waals surface area contributed by atoms with Crippen molar-refractivity contribution in [1.82, 2.24) is 4.90 Å². The highest BCUT2D eigenvalue weighted by atomic mass is 127. The third kappa shape index (κ3) is 3.08. The lowest BCUT2D eigenvalue weighted by Crippen LogP contribution is -2.54. The molecule has 1 atom stereocenters. The van der Waals surface area contributed by atoms with E-state index < -0.39 is 0 Å². The molecule has 1 fully saturated rings. The molecule has 0 aliphatic carbocycles. The Bertz CT molecular complexity index is 504. The fourth-order valence-corrected chi connectivity index (χ4v) is 2.95. The van der Waals surface area contributed by atoms with Crippen molar-refractivity contribution < 1.29 is 9.18 Å². The van der Waals surface area contributed by atoms with E-state index in [2.05, 4.69) is 36.4 Å². The normalized spacial score (nSPS) is 22.4. The summed E-state index contributed by atoms with van der Waals surface area (Å²) < 4.78 is 14.1. The van der Waals surface area contributed by atoms with E-state index in [0.29, 0.717) is 18.7 Å². The maximum atomic E-state index is 13.3. The highest BCUT2D eigenvalue weighted by Gasteiger charge is 2.35. The average Bonchev–Trinajstić information content (AvgIpc) is 2.35. The zero-order valence-electron chi connectivity index (χ0n) is 11.1. The van der Waals surface area contributed by atoms with E-state index >= 15 is 0 Å². The summed E-state index contributed by atoms with van der Waals surface area (Å²) >= 11 is 2.06. The van der Waals surface area contributed by atoms with Gasteiger partial charge in [-0.25, -0.2) is 4.39 Å². The molecule has 104 valence electrons. The first kappa shape index (κ1) is 14.7. The van der Waals surface area contributed by atoms with Crippen LogP contribution in [0.1, 0.15) is 30.6 Å². The number of nitrogens with two attached hydrogens (primary N) is 1. The molecule has 1 aliphatic rings. The van der Waals surface area contributed by atoms with Gasteiger partial charge in [-0.05, 0) is 52.6 Å². The standard InChI is InChI=1S/C14H18FIN2O/c1-14(2)8-18(6-5-12(14)17)13(19)10-7-9(15)3-4-11(10)16/h3-4,7,12H,5-6,8,17H2,1-2H3. The van der Waals surface area contributed by atoms with Gasteiger partial charge >= 0.3 is 0 Å². The second-order valence-corrected chi connectivity index (χ2v) is 6.90. The predicted octanol–water partition coefficient (Wildman–Crippen LogP) is 2.63. The fourth-order valence-electron chi connectivity index (χ4n) is 2.38. The van der Waals surface area contributed by atoms with Crippen LogP contribution in [0.2, 0.25) is 0 Å². The first-order chi connectivity index (χ1) is 8.81. The summed E-state index contributed by atoms with van der Waals surface area (Å²) in [5.74, 6) is -0.486. The van der Waals surface area contributed by atoms with E-state index in [0.717, 1.165) is 9.99 Å². The number of carbonyl (C=O) groups excluding carboxylic acids is 1. The lowest BCUT2D eigenvalue weighted by atomic mass is 9.79. The van der Waals surface area contributed by atoms with Gasteiger partial charge in [-0.3, -0.25) is 4.79 Å². The van der Waals surface area contributed by atoms with Crippen molar-refractivity contribution in [3.05, 3.63) is 33.1 Å². The van der Waals surface area contributed by atoms with Crippen molar-refractivity contribution >= 4 is 28.5 Å². The molecule has 2 N–H and O–H groups in total. The summed E-state index contributed by atoms with van der Waals surface area (Å²) in [5.41, 5.74) is 6.40. The van der Waals surface area contributed by atoms with Gasteiger partial charge in [-0.15, -0.1) is 0 Å². The van der Waals surface area contributed by atoms with Crippen LogP contribution in [-0.2, 0) is 0 Å². The first-order valence-electron chi connectivity index (χ1n) is 6.31. The largest absolute Gasteiger partial charge is 0.338 e. The number of rotatable bonds is 1. The summed E-state index contributed by atoms with van der Waals surface area (Å²) in [7, 11) is 0. The second kappa shape index (κ2) is 5.36. The number of hydrogen-bond donors (Lipinski definition) is 1. The highest BCUT2D eigenvalue weighted by molar-refractivity contribution is 14.1. The van der Waals surface area contributed by atoms with Gasteiger partial charge in [-0.2, -0.15) is 0 Å². The fraction of sp³-hybridized carbons (Fsp3) is 0.500. The molecule has 0 spiro atoms. The van der Waals surface area contributed by atoms with Gasteiger partial charge in [0.2, 0.25) is 0 Å². The topological polar surface area (TPSA) is 46.3 Å². The SMILES string of the molecule is CC1(C)CN(C(=O)c2cc(F)ccc2I)CCC1N. The van der Waals surface area contributed by atoms with Crippen LogP contribution in [0.15, 0.2) is 18.2 Å². The van der Waals surface area contributed by atoms with Crippen LogP contribution in [0.4, 0.5) is 4.39 Å². The molecule has 0 saturated carbocycles. The number of carbonyl (C=O) groups is 1. The molecule has 0 aromatic heterocycles. The zero-order valence-corrected chi connectivity index (χ0v) is 13.3. The number of amides is 1. The molecule has 5 heteroatoms. The van der Waals surface area contributed by atoms with E-state index in [-0.39, 0.29) is 23.2 Å². The number of hydrogen-bond acceptors (Lipinski definition) is 2. The van der Waals surface area contributed by atoms with Gasteiger partial charge in [0, 0.05) is 22.7 Å². The van der Waals surface area contributed by atoms with Crippen LogP contribution in [0.5, 0.6) is 0 Å². The van der Waals surface area contributed by atoms with Crippen LogP contribution in [0, 0.1) is 14.8 Å². The lowest BCUT2D eigenvalue weighted by Gasteiger charge is -2.42. The van der Waals surface area contributed by atoms with E-state index in [1.54, 1.807) is 11.0 Å². The smallest absolute Gasteiger partial charge is 0.255 e. The molecule has 3 nitrogen and oxygen atoms in total. The number of piperidine rings is 1. The minimum Gasteiger partial charge on any atom is -0.338 e. The van der Waals surface area contributed by atoms with E-state index in [9.17, 15) is 9.18 Å². The summed E-state index contributed by atoms with van der Waals surface area (Å²) in [6, 6.07) is 4.41. The minimum absolute atomic E-state index is 0.100. The second-order valence-electron chi connectivity index (χ2n) is 5.73. The summed E-state index contributed by atoms with van der Waals surface area (Å²) in [5, 5.41) is 0. The summed E-state index contributed by atoms with van der Waals surface area (Å²) in [6.07, 6.45) is 0.782. The summed E-state index contributed by atoms with van der Waals surface area (Å²) in [4.78, 5) is 14.3. The van der Waals surface area contributed by atoms with E-state index in [1.807, 2.05) is 0 Å². The van der Waals surface area contributed by atoms with Crippen molar-refractivity contribution in [2.24, 2.45) is 11.1 Å². The van der Waals surface area contributed by atoms with Gasteiger partial charge in [0.05, 0.1) is 5.56 Å². The molecule has 1 aromatic carbocycles. The molecule has 1 unspecified atom stereocenters. The monoisotopic (exact) mass is 376 g/mol. The third-order valence-corrected chi connectivity index (χ3v) is 4.70. The quantitative estimate of drug-likeness (QED) is 0.767. The number of nitrogens with zero attached hydrogens (tertiary/aromatic N) is 1. The molecular weight excluding hydrogens is 358 g/mol. The van der Waals surface area contributed by atoms with Crippen molar-refractivity contribution in [2.45, 2.75) is 26.3 Å². The lowest BCUT2D eigenvalue weighted by molar-refractivity contribution is 0.0531. The molecule has 0 bridgehead atoms. The predicted molar refractivity (Wildman–Crippen MR) is 81.4 cm³/mol. The minimum atomic E-state index is -0.378. The molecule has 1 aliphatic heterocycles. The van der Waals surface area contributed by atoms with Crippen molar-refractivity contribution in [1.29, 1.82) is 0 Å². The van der Waals surface area contributed by atoms with Crippen molar-refractivity contribution in [2.75, 3.05) is 13.1 Å². The maximum Gasteiger partial charge on any atom is 0.255 e. The molecule has 1 heterocycles. The van der Waals surface area contributed by atoms with E-state index in [4.69, 9.17) is 5.73 Å². The number of benzene rings is 1. The Hall–Kier alpha value is -0.690. The maximum absolute atomic E-state index is 13.3. The molecule has 1 amide bonds. The summed E-state index contributed by atoms with van der Waals surface area (Å²) in [6.45, 7) is 5.37. The van der Waals surface area contributed by atoms with E-state index in [1.165, 1.54) is 12.1 Å². The Morgan fingerprint density at radius 2 is 2.21 bits per heavy atom. The van der Waals surface area contributed by atoms with Crippen molar-refractivity contribution in [3.8, 4) is 0 Å². The van der Waals surface area contributed by atoms with Crippen LogP contribution in [-0.4, -0.2) is 29.9 Å². The van der Waals surface area contributed by atoms with Crippen LogP contribution in [0.3, 0.4) is 0 Å². The van der Waals surface area contributed by atoms with Crippen LogP contribution >= 0.6 is 22.6 Å². The van der Waals surface area contributed by atoms with Gasteiger partial charge in [0.15, 0.2) is 0 Å². The molecule has 2 rings (SSSR count). The van der Waals surface area contributed by atoms with Gasteiger partial charge in [0.25, 0.3) is 5.91 Å². The van der Waals surface area contributed by atoms with Gasteiger partial charge < -0.3 is 10.6 Å². The molecule has 1 saturated heterocycles. The Morgan fingerprint density at radius 3 is 2.84 bits per heavy atom. The number of halogens is 2. The van der Waals surface area contributed by atoms with Crippen LogP contribution < -0.4 is 5.73 Å². The Labute approximate surface area is 126 Å². The Balaban J connectivity index is 2.23. The third-order valence-electron chi connectivity index (χ3n) is 3.76. The Kier molecular flexibility index (Phi) is 4.15. The molecular formula is C14H18FIN2O.